The van der Waals surface area contributed by atoms with Gasteiger partial charge in [0.15, 0.2) is 0 Å². The zero-order valence-electron chi connectivity index (χ0n) is 26.1. The average Bonchev–Trinajstić information content (AvgIpc) is 2.98. The van der Waals surface area contributed by atoms with Crippen molar-refractivity contribution in [2.45, 2.75) is 110 Å². The van der Waals surface area contributed by atoms with Crippen LogP contribution in [0.5, 0.6) is 0 Å². The van der Waals surface area contributed by atoms with Crippen molar-refractivity contribution in [2.75, 3.05) is 13.2 Å². The molecule has 0 atom stereocenters. The predicted molar refractivity (Wildman–Crippen MR) is 174 cm³/mol. The van der Waals surface area contributed by atoms with Gasteiger partial charge in [-0.25, -0.2) is 4.79 Å². The molecule has 0 aliphatic heterocycles. The van der Waals surface area contributed by atoms with Gasteiger partial charge in [0.1, 0.15) is 6.61 Å². The summed E-state index contributed by atoms with van der Waals surface area (Å²) in [6.07, 6.45) is 12.6. The number of aliphatic hydroxyl groups excluding tert-OH is 2. The molecule has 0 aromatic heterocycles. The van der Waals surface area contributed by atoms with Crippen molar-refractivity contribution >= 4 is 19.2 Å². The maximum Gasteiger partial charge on any atom is 0.333 e. The Hall–Kier alpha value is -2.21. The first-order valence-electron chi connectivity index (χ1n) is 16.0. The minimum absolute atomic E-state index is 0.0222. The molecule has 1 fully saturated rings. The summed E-state index contributed by atoms with van der Waals surface area (Å²) >= 11 is 0. The number of unbranched alkanes of at least 4 members (excludes halogenated alkanes) is 2. The van der Waals surface area contributed by atoms with Gasteiger partial charge in [0.2, 0.25) is 0 Å². The first-order valence-corrected chi connectivity index (χ1v) is 19.2. The Balaban J connectivity index is 1.74. The molecule has 226 valence electrons. The van der Waals surface area contributed by atoms with Crippen LogP contribution in [0, 0.1) is 11.8 Å². The van der Waals surface area contributed by atoms with E-state index in [9.17, 15) is 15.0 Å². The zero-order chi connectivity index (χ0) is 29.8. The molecule has 0 saturated heterocycles. The van der Waals surface area contributed by atoms with Crippen molar-refractivity contribution in [1.29, 1.82) is 0 Å². The highest BCUT2D eigenvalue weighted by Gasteiger charge is 2.27. The average molecular weight is 579 g/mol. The molecule has 0 spiro atoms. The summed E-state index contributed by atoms with van der Waals surface area (Å²) in [6, 6.07) is 16.9. The third-order valence-corrected chi connectivity index (χ3v) is 12.8. The van der Waals surface area contributed by atoms with Crippen molar-refractivity contribution in [3.63, 3.8) is 0 Å². The molecule has 0 amide bonds. The van der Waals surface area contributed by atoms with Gasteiger partial charge in [-0.15, -0.1) is 0 Å². The maximum atomic E-state index is 12.3. The number of hydrogen-bond acceptors (Lipinski definition) is 4. The van der Waals surface area contributed by atoms with Gasteiger partial charge in [0, 0.05) is 24.7 Å². The minimum Gasteiger partial charge on any atom is -0.457 e. The van der Waals surface area contributed by atoms with E-state index in [1.807, 2.05) is 0 Å². The maximum absolute atomic E-state index is 12.3. The highest BCUT2D eigenvalue weighted by atomic mass is 28.3. The lowest BCUT2D eigenvalue weighted by Gasteiger charge is -2.29. The van der Waals surface area contributed by atoms with E-state index in [4.69, 9.17) is 4.74 Å². The van der Waals surface area contributed by atoms with Crippen molar-refractivity contribution in [3.05, 3.63) is 65.7 Å². The van der Waals surface area contributed by atoms with Crippen LogP contribution in [0.2, 0.25) is 19.1 Å². The van der Waals surface area contributed by atoms with Gasteiger partial charge in [-0.3, -0.25) is 0 Å². The van der Waals surface area contributed by atoms with Crippen LogP contribution in [0.3, 0.4) is 0 Å². The van der Waals surface area contributed by atoms with Gasteiger partial charge >= 0.3 is 5.97 Å². The molecule has 0 radical (unpaired) electrons. The Morgan fingerprint density at radius 2 is 1.63 bits per heavy atom. The third kappa shape index (κ3) is 9.94. The molecule has 0 bridgehead atoms. The summed E-state index contributed by atoms with van der Waals surface area (Å²) in [5, 5.41) is 20.2. The van der Waals surface area contributed by atoms with E-state index in [2.05, 4.69) is 69.1 Å². The summed E-state index contributed by atoms with van der Waals surface area (Å²) < 4.78 is 5.65. The highest BCUT2D eigenvalue weighted by molar-refractivity contribution is 6.90. The van der Waals surface area contributed by atoms with Crippen LogP contribution in [-0.4, -0.2) is 37.5 Å². The smallest absolute Gasteiger partial charge is 0.333 e. The lowest BCUT2D eigenvalue weighted by atomic mass is 9.77. The molecular formula is C36H54O4Si. The van der Waals surface area contributed by atoms with E-state index in [0.29, 0.717) is 11.5 Å². The SMILES string of the molecule is C=C(C)C(=O)OCc1cc(-c2ccc(C3CCC(CCCCC)CC3)cc2)ccc1[Si](C)(C)CCCC(CO)CO. The molecule has 5 heteroatoms. The number of esters is 1. The van der Waals surface area contributed by atoms with Gasteiger partial charge in [0.25, 0.3) is 0 Å². The van der Waals surface area contributed by atoms with Crippen molar-refractivity contribution < 1.29 is 19.7 Å². The number of benzene rings is 2. The molecule has 1 saturated carbocycles. The molecule has 1 aliphatic rings. The number of rotatable bonds is 16. The molecule has 4 nitrogen and oxygen atoms in total. The fourth-order valence-corrected chi connectivity index (χ4v) is 9.35. The zero-order valence-corrected chi connectivity index (χ0v) is 27.1. The standard InChI is InChI=1S/C36H54O4Si/c1-6-7-8-10-28-12-14-30(15-13-28)31-16-18-32(19-17-31)33-20-21-35(34(23-33)26-40-36(39)27(2)3)41(4,5)22-9-11-29(24-37)25-38/h16-21,23,28-30,37-38H,2,6-15,22,24-26H2,1,3-5H3. The third-order valence-electron chi connectivity index (χ3n) is 9.25. The summed E-state index contributed by atoms with van der Waals surface area (Å²) in [5.41, 5.74) is 5.27. The highest BCUT2D eigenvalue weighted by Crippen LogP contribution is 2.38. The van der Waals surface area contributed by atoms with Gasteiger partial charge in [-0.1, -0.05) is 106 Å². The fraction of sp³-hybridized carbons (Fsp3) is 0.583. The molecule has 2 aromatic carbocycles. The number of ether oxygens (including phenoxy) is 1. The second-order valence-corrected chi connectivity index (χ2v) is 17.9. The summed E-state index contributed by atoms with van der Waals surface area (Å²) in [4.78, 5) is 12.3. The number of carbonyl (C=O) groups is 1. The largest absolute Gasteiger partial charge is 0.457 e. The van der Waals surface area contributed by atoms with Crippen molar-refractivity contribution in [3.8, 4) is 11.1 Å². The van der Waals surface area contributed by atoms with Gasteiger partial charge in [-0.05, 0) is 79.2 Å². The molecular weight excluding hydrogens is 524 g/mol. The lowest BCUT2D eigenvalue weighted by molar-refractivity contribution is -0.140. The van der Waals surface area contributed by atoms with E-state index in [1.54, 1.807) is 6.92 Å². The Kier molecular flexibility index (Phi) is 13.3. The Morgan fingerprint density at radius 3 is 2.24 bits per heavy atom. The van der Waals surface area contributed by atoms with Crippen LogP contribution in [0.15, 0.2) is 54.6 Å². The molecule has 0 unspecified atom stereocenters. The van der Waals surface area contributed by atoms with Crippen LogP contribution in [-0.2, 0) is 16.1 Å². The van der Waals surface area contributed by atoms with Gasteiger partial charge in [0.05, 0.1) is 8.07 Å². The number of hydrogen-bond donors (Lipinski definition) is 2. The molecule has 3 rings (SSSR count). The second-order valence-electron chi connectivity index (χ2n) is 13.1. The Labute approximate surface area is 250 Å². The Bertz CT molecular complexity index is 1100. The predicted octanol–water partition coefficient (Wildman–Crippen LogP) is 8.12. The summed E-state index contributed by atoms with van der Waals surface area (Å²) in [5.74, 6) is 1.18. The van der Waals surface area contributed by atoms with E-state index in [-0.39, 0.29) is 31.7 Å². The topological polar surface area (TPSA) is 66.8 Å². The van der Waals surface area contributed by atoms with Crippen LogP contribution < -0.4 is 5.19 Å². The quantitative estimate of drug-likeness (QED) is 0.0913. The van der Waals surface area contributed by atoms with Crippen LogP contribution >= 0.6 is 0 Å². The van der Waals surface area contributed by atoms with E-state index in [1.165, 1.54) is 67.7 Å². The van der Waals surface area contributed by atoms with Crippen molar-refractivity contribution in [2.24, 2.45) is 11.8 Å². The molecule has 41 heavy (non-hydrogen) atoms. The van der Waals surface area contributed by atoms with Crippen LogP contribution in [0.1, 0.15) is 95.1 Å². The van der Waals surface area contributed by atoms with Crippen LogP contribution in [0.25, 0.3) is 11.1 Å². The molecule has 2 N–H and O–H groups in total. The monoisotopic (exact) mass is 578 g/mol. The second kappa shape index (κ2) is 16.4. The normalized spacial score (nSPS) is 17.5. The lowest BCUT2D eigenvalue weighted by Crippen LogP contribution is -2.43. The first kappa shape index (κ1) is 33.3. The summed E-state index contributed by atoms with van der Waals surface area (Å²) in [7, 11) is -1.86. The first-order chi connectivity index (χ1) is 19.7. The Morgan fingerprint density at radius 1 is 0.976 bits per heavy atom. The van der Waals surface area contributed by atoms with Crippen molar-refractivity contribution in [1.82, 2.24) is 0 Å². The van der Waals surface area contributed by atoms with E-state index >= 15 is 0 Å². The van der Waals surface area contributed by atoms with Gasteiger partial charge in [-0.2, -0.15) is 0 Å². The van der Waals surface area contributed by atoms with E-state index in [0.717, 1.165) is 35.9 Å². The van der Waals surface area contributed by atoms with Gasteiger partial charge < -0.3 is 14.9 Å². The van der Waals surface area contributed by atoms with Crippen LogP contribution in [0.4, 0.5) is 0 Å². The summed E-state index contributed by atoms with van der Waals surface area (Å²) in [6.45, 7) is 12.7. The molecule has 1 aliphatic carbocycles. The number of carbonyl (C=O) groups excluding carboxylic acids is 1. The van der Waals surface area contributed by atoms with E-state index < -0.39 is 8.07 Å². The minimum atomic E-state index is -1.86. The fourth-order valence-electron chi connectivity index (χ4n) is 6.44. The number of aliphatic hydroxyl groups is 2. The molecule has 2 aromatic rings. The molecule has 0 heterocycles.